The van der Waals surface area contributed by atoms with Gasteiger partial charge in [0.25, 0.3) is 0 Å². The lowest BCUT2D eigenvalue weighted by Gasteiger charge is -2.45. The summed E-state index contributed by atoms with van der Waals surface area (Å²) in [6, 6.07) is 18.5. The molecule has 0 saturated carbocycles. The highest BCUT2D eigenvalue weighted by Crippen LogP contribution is 2.51. The lowest BCUT2D eigenvalue weighted by Crippen LogP contribution is -2.40. The molecule has 1 heterocycles. The minimum Gasteiger partial charge on any atom is -0.326 e. The molecule has 31 heavy (non-hydrogen) atoms. The van der Waals surface area contributed by atoms with Crippen LogP contribution in [0.2, 0.25) is 0 Å². The molecule has 3 nitrogen and oxygen atoms in total. The lowest BCUT2D eigenvalue weighted by atomic mass is 9.63. The van der Waals surface area contributed by atoms with E-state index >= 15 is 0 Å². The van der Waals surface area contributed by atoms with Gasteiger partial charge in [0, 0.05) is 35.9 Å². The number of hydrogen-bond donors (Lipinski definition) is 1. The first-order chi connectivity index (χ1) is 15.1. The third-order valence-corrected chi connectivity index (χ3v) is 6.52. The number of aromatic amines is 1. The maximum absolute atomic E-state index is 12.0. The fraction of sp³-hybridized carbons (Fsp3) is 0.214. The van der Waals surface area contributed by atoms with Crippen molar-refractivity contribution < 1.29 is 0 Å². The van der Waals surface area contributed by atoms with Crippen molar-refractivity contribution in [1.29, 1.82) is 0 Å². The maximum Gasteiger partial charge on any atom is 0.248 e. The Morgan fingerprint density at radius 3 is 2.77 bits per heavy atom. The van der Waals surface area contributed by atoms with Gasteiger partial charge in [0.05, 0.1) is 0 Å². The van der Waals surface area contributed by atoms with Crippen LogP contribution in [-0.4, -0.2) is 11.2 Å². The molecule has 0 spiro atoms. The Kier molecular flexibility index (Phi) is 4.82. The Morgan fingerprint density at radius 2 is 1.94 bits per heavy atom. The zero-order chi connectivity index (χ0) is 21.4. The second kappa shape index (κ2) is 7.66. The Bertz CT molecular complexity index is 1340. The van der Waals surface area contributed by atoms with E-state index in [1.54, 1.807) is 6.07 Å². The Hall–Kier alpha value is -3.46. The molecule has 2 bridgehead atoms. The minimum atomic E-state index is -0.441. The van der Waals surface area contributed by atoms with Crippen molar-refractivity contribution in [3.05, 3.63) is 111 Å². The zero-order valence-corrected chi connectivity index (χ0v) is 17.9. The molecule has 2 aromatic carbocycles. The summed E-state index contributed by atoms with van der Waals surface area (Å²) >= 11 is 0. The molecule has 1 N–H and O–H groups in total. The van der Waals surface area contributed by atoms with E-state index in [0.717, 1.165) is 29.7 Å². The summed E-state index contributed by atoms with van der Waals surface area (Å²) < 4.78 is 0. The van der Waals surface area contributed by atoms with E-state index in [-0.39, 0.29) is 11.5 Å². The van der Waals surface area contributed by atoms with Crippen molar-refractivity contribution in [3.8, 4) is 0 Å². The Morgan fingerprint density at radius 1 is 1.10 bits per heavy atom. The van der Waals surface area contributed by atoms with Crippen LogP contribution in [0.15, 0.2) is 93.8 Å². The van der Waals surface area contributed by atoms with Crippen LogP contribution in [0.25, 0.3) is 16.8 Å². The summed E-state index contributed by atoms with van der Waals surface area (Å²) in [6.07, 6.45) is 12.3. The Labute approximate surface area is 182 Å². The molecule has 154 valence electrons. The molecule has 5 rings (SSSR count). The van der Waals surface area contributed by atoms with Crippen molar-refractivity contribution in [2.45, 2.75) is 32.2 Å². The average Bonchev–Trinajstić information content (AvgIpc) is 2.76. The number of allylic oxidation sites excluding steroid dienone is 3. The van der Waals surface area contributed by atoms with Crippen LogP contribution in [0, 0.1) is 5.92 Å². The molecular formula is C28H26N2O. The van der Waals surface area contributed by atoms with Gasteiger partial charge in [-0.1, -0.05) is 60.2 Å². The molecule has 2 aliphatic rings. The van der Waals surface area contributed by atoms with Crippen LogP contribution in [0.4, 0.5) is 0 Å². The molecule has 0 saturated heterocycles. The van der Waals surface area contributed by atoms with Crippen LogP contribution in [0.5, 0.6) is 0 Å². The van der Waals surface area contributed by atoms with E-state index in [1.165, 1.54) is 21.9 Å². The molecule has 2 atom stereocenters. The van der Waals surface area contributed by atoms with Gasteiger partial charge in [-0.25, -0.2) is 0 Å². The highest BCUT2D eigenvalue weighted by molar-refractivity contribution is 5.86. The molecule has 3 heteroatoms. The minimum absolute atomic E-state index is 0.0446. The fourth-order valence-corrected chi connectivity index (χ4v) is 5.29. The number of aliphatic imine (C=N–C) groups is 1. The van der Waals surface area contributed by atoms with Gasteiger partial charge < -0.3 is 4.98 Å². The molecule has 1 aromatic heterocycles. The number of benzene rings is 2. The molecule has 2 aliphatic carbocycles. The fourth-order valence-electron chi connectivity index (χ4n) is 5.29. The quantitative estimate of drug-likeness (QED) is 0.422. The van der Waals surface area contributed by atoms with Gasteiger partial charge in [-0.15, -0.1) is 0 Å². The number of hydrogen-bond acceptors (Lipinski definition) is 2. The van der Waals surface area contributed by atoms with E-state index in [2.05, 4.69) is 79.5 Å². The number of rotatable bonds is 3. The molecule has 3 aromatic rings. The molecule has 2 unspecified atom stereocenters. The van der Waals surface area contributed by atoms with Crippen molar-refractivity contribution >= 4 is 23.1 Å². The van der Waals surface area contributed by atoms with E-state index in [4.69, 9.17) is 4.99 Å². The number of nitrogens with one attached hydrogen (secondary N) is 1. The topological polar surface area (TPSA) is 45.2 Å². The van der Waals surface area contributed by atoms with Crippen molar-refractivity contribution in [2.75, 3.05) is 0 Å². The van der Waals surface area contributed by atoms with Gasteiger partial charge in [0.15, 0.2) is 0 Å². The second-order valence-electron chi connectivity index (χ2n) is 8.56. The summed E-state index contributed by atoms with van der Waals surface area (Å²) in [5, 5.41) is 2.48. The van der Waals surface area contributed by atoms with Gasteiger partial charge in [0.1, 0.15) is 5.54 Å². The average molecular weight is 407 g/mol. The SMILES string of the molecule is C/C=C1\C2C=C(C)CC1(/N=C/C=C/c1ccc3ccccc3c1)c1ccc(=O)[nH]c1C2. The van der Waals surface area contributed by atoms with Gasteiger partial charge >= 0.3 is 0 Å². The van der Waals surface area contributed by atoms with Crippen molar-refractivity contribution in [1.82, 2.24) is 4.98 Å². The number of aromatic nitrogens is 1. The zero-order valence-electron chi connectivity index (χ0n) is 17.9. The number of nitrogens with zero attached hydrogens (tertiary/aromatic N) is 1. The van der Waals surface area contributed by atoms with Crippen LogP contribution < -0.4 is 5.56 Å². The highest BCUT2D eigenvalue weighted by atomic mass is 16.1. The summed E-state index contributed by atoms with van der Waals surface area (Å²) in [7, 11) is 0. The van der Waals surface area contributed by atoms with Crippen molar-refractivity contribution in [3.63, 3.8) is 0 Å². The normalized spacial score (nSPS) is 24.1. The van der Waals surface area contributed by atoms with Gasteiger partial charge in [-0.3, -0.25) is 9.79 Å². The first kappa shape index (κ1) is 19.5. The highest BCUT2D eigenvalue weighted by Gasteiger charge is 2.46. The Balaban J connectivity index is 1.53. The first-order valence-electron chi connectivity index (χ1n) is 10.9. The van der Waals surface area contributed by atoms with E-state index in [0.29, 0.717) is 0 Å². The number of H-pyrrole nitrogens is 1. The predicted molar refractivity (Wildman–Crippen MR) is 130 cm³/mol. The van der Waals surface area contributed by atoms with E-state index in [1.807, 2.05) is 18.4 Å². The lowest BCUT2D eigenvalue weighted by molar-refractivity contribution is 0.413. The summed E-state index contributed by atoms with van der Waals surface area (Å²) in [4.78, 5) is 20.2. The smallest absolute Gasteiger partial charge is 0.248 e. The summed E-state index contributed by atoms with van der Waals surface area (Å²) in [5.74, 6) is 0.283. The summed E-state index contributed by atoms with van der Waals surface area (Å²) in [6.45, 7) is 4.29. The second-order valence-corrected chi connectivity index (χ2v) is 8.56. The van der Waals surface area contributed by atoms with Crippen LogP contribution >= 0.6 is 0 Å². The molecule has 0 aliphatic heterocycles. The monoisotopic (exact) mass is 406 g/mol. The van der Waals surface area contributed by atoms with Crippen LogP contribution in [0.1, 0.15) is 37.1 Å². The molecule has 0 fully saturated rings. The maximum atomic E-state index is 12.0. The largest absolute Gasteiger partial charge is 0.326 e. The van der Waals surface area contributed by atoms with E-state index < -0.39 is 5.54 Å². The number of fused-ring (bicyclic) bond motifs is 5. The predicted octanol–water partition coefficient (Wildman–Crippen LogP) is 5.98. The standard InChI is InChI=1S/C28H26N2O/c1-3-24-23-15-19(2)18-28(24,25-12-13-27(31)30-26(25)17-23)29-14-6-7-20-10-11-21-8-4-5-9-22(21)16-20/h3-16,23H,17-18H2,1-2H3,(H,30,31)/b7-6+,24-3+,29-14+. The van der Waals surface area contributed by atoms with Crippen LogP contribution in [0.3, 0.4) is 0 Å². The molecule has 0 amide bonds. The van der Waals surface area contributed by atoms with Gasteiger partial charge in [0.2, 0.25) is 5.56 Å². The first-order valence-corrected chi connectivity index (χ1v) is 10.9. The summed E-state index contributed by atoms with van der Waals surface area (Å²) in [5.41, 5.74) is 5.48. The number of pyridine rings is 1. The third kappa shape index (κ3) is 3.40. The molecular weight excluding hydrogens is 380 g/mol. The molecule has 0 radical (unpaired) electrons. The van der Waals surface area contributed by atoms with Gasteiger partial charge in [-0.2, -0.15) is 0 Å². The van der Waals surface area contributed by atoms with Crippen molar-refractivity contribution in [2.24, 2.45) is 10.9 Å². The van der Waals surface area contributed by atoms with Crippen LogP contribution in [-0.2, 0) is 12.0 Å². The van der Waals surface area contributed by atoms with Gasteiger partial charge in [-0.05, 0) is 60.4 Å². The third-order valence-electron chi connectivity index (χ3n) is 6.52. The van der Waals surface area contributed by atoms with E-state index in [9.17, 15) is 4.79 Å².